The fraction of sp³-hybridized carbons (Fsp3) is 0. The fourth-order valence-electron chi connectivity index (χ4n) is 1.28. The lowest BCUT2D eigenvalue weighted by Gasteiger charge is -1.97. The molecule has 0 aliphatic heterocycles. The number of aliphatic imine (C=N–C) groups is 1. The number of anilines is 1. The van der Waals surface area contributed by atoms with Gasteiger partial charge >= 0.3 is 0 Å². The van der Waals surface area contributed by atoms with Gasteiger partial charge in [0.05, 0.1) is 16.9 Å². The maximum Gasteiger partial charge on any atom is 0.201 e. The summed E-state index contributed by atoms with van der Waals surface area (Å²) in [5, 5.41) is 18.7. The van der Waals surface area contributed by atoms with Gasteiger partial charge in [0, 0.05) is 12.4 Å². The number of nitrogen functional groups attached to an aromatic ring is 1. The second kappa shape index (κ2) is 3.98. The first-order valence-electron chi connectivity index (χ1n) is 4.66. The average Bonchev–Trinajstić information content (AvgIpc) is 2.58. The van der Waals surface area contributed by atoms with E-state index in [2.05, 4.69) is 9.98 Å². The number of para-hydroxylation sites is 2. The Morgan fingerprint density at radius 3 is 2.62 bits per heavy atom. The summed E-state index contributed by atoms with van der Waals surface area (Å²) in [5.41, 5.74) is 7.05. The molecule has 0 saturated carbocycles. The topological polar surface area (TPSA) is 94.6 Å². The normalized spacial score (nSPS) is 11.0. The zero-order valence-electron chi connectivity index (χ0n) is 8.38. The van der Waals surface area contributed by atoms with Gasteiger partial charge in [0.1, 0.15) is 5.75 Å². The van der Waals surface area contributed by atoms with Crippen molar-refractivity contribution in [1.29, 1.82) is 0 Å². The van der Waals surface area contributed by atoms with E-state index in [0.717, 1.165) is 0 Å². The Morgan fingerprint density at radius 1 is 1.25 bits per heavy atom. The second-order valence-electron chi connectivity index (χ2n) is 3.25. The van der Waals surface area contributed by atoms with E-state index < -0.39 is 0 Å². The standard InChI is InChI=1S/C11H11N3O2/c12-8-3-1-2-4-9(8)13-5-7-10(15)6-14-11(7)16/h1-6,14-16H,12H2. The average molecular weight is 217 g/mol. The summed E-state index contributed by atoms with van der Waals surface area (Å²) in [6.07, 6.45) is 2.64. The Balaban J connectivity index is 2.32. The van der Waals surface area contributed by atoms with E-state index in [-0.39, 0.29) is 17.2 Å². The first-order valence-corrected chi connectivity index (χ1v) is 4.66. The molecule has 0 amide bonds. The van der Waals surface area contributed by atoms with Crippen LogP contribution >= 0.6 is 0 Å². The van der Waals surface area contributed by atoms with E-state index in [0.29, 0.717) is 11.4 Å². The molecule has 0 fully saturated rings. The molecule has 0 radical (unpaired) electrons. The predicted molar refractivity (Wildman–Crippen MR) is 62.2 cm³/mol. The van der Waals surface area contributed by atoms with Gasteiger partial charge in [-0.25, -0.2) is 0 Å². The van der Waals surface area contributed by atoms with E-state index in [1.807, 2.05) is 0 Å². The van der Waals surface area contributed by atoms with Gasteiger partial charge in [-0.15, -0.1) is 0 Å². The third-order valence-electron chi connectivity index (χ3n) is 2.15. The quantitative estimate of drug-likeness (QED) is 0.456. The maximum atomic E-state index is 9.36. The number of benzene rings is 1. The van der Waals surface area contributed by atoms with Crippen LogP contribution < -0.4 is 5.73 Å². The van der Waals surface area contributed by atoms with Gasteiger partial charge < -0.3 is 20.9 Å². The van der Waals surface area contributed by atoms with Crippen LogP contribution in [-0.4, -0.2) is 21.4 Å². The summed E-state index contributed by atoms with van der Waals surface area (Å²) in [6.45, 7) is 0. The van der Waals surface area contributed by atoms with E-state index >= 15 is 0 Å². The number of nitrogens with one attached hydrogen (secondary N) is 1. The summed E-state index contributed by atoms with van der Waals surface area (Å²) >= 11 is 0. The SMILES string of the molecule is Nc1ccccc1N=Cc1c(O)c[nH]c1O. The van der Waals surface area contributed by atoms with Crippen molar-refractivity contribution in [3.05, 3.63) is 36.0 Å². The highest BCUT2D eigenvalue weighted by molar-refractivity contribution is 5.89. The summed E-state index contributed by atoms with van der Waals surface area (Å²) in [5.74, 6) is -0.188. The van der Waals surface area contributed by atoms with Gasteiger partial charge in [0.15, 0.2) is 0 Å². The number of rotatable bonds is 2. The Bertz CT molecular complexity index is 512. The number of aromatic nitrogens is 1. The number of aromatic amines is 1. The first-order chi connectivity index (χ1) is 7.68. The first kappa shape index (κ1) is 10.1. The van der Waals surface area contributed by atoms with Crippen molar-refractivity contribution in [3.8, 4) is 11.6 Å². The van der Waals surface area contributed by atoms with Crippen molar-refractivity contribution < 1.29 is 10.2 Å². The number of hydrogen-bond acceptors (Lipinski definition) is 4. The summed E-state index contributed by atoms with van der Waals surface area (Å²) < 4.78 is 0. The molecule has 82 valence electrons. The largest absolute Gasteiger partial charge is 0.506 e. The lowest BCUT2D eigenvalue weighted by Crippen LogP contribution is -1.85. The van der Waals surface area contributed by atoms with Crippen molar-refractivity contribution >= 4 is 17.6 Å². The molecule has 0 spiro atoms. The van der Waals surface area contributed by atoms with Crippen molar-refractivity contribution in [2.45, 2.75) is 0 Å². The summed E-state index contributed by atoms with van der Waals surface area (Å²) in [6, 6.07) is 7.08. The van der Waals surface area contributed by atoms with Crippen molar-refractivity contribution in [1.82, 2.24) is 4.98 Å². The third kappa shape index (κ3) is 1.83. The van der Waals surface area contributed by atoms with Crippen LogP contribution in [0.2, 0.25) is 0 Å². The molecule has 0 saturated heterocycles. The minimum atomic E-state index is -0.129. The van der Waals surface area contributed by atoms with Crippen LogP contribution in [0.3, 0.4) is 0 Å². The van der Waals surface area contributed by atoms with Crippen molar-refractivity contribution in [2.75, 3.05) is 5.73 Å². The van der Waals surface area contributed by atoms with Gasteiger partial charge in [-0.3, -0.25) is 4.99 Å². The predicted octanol–water partition coefficient (Wildman–Crippen LogP) is 1.76. The van der Waals surface area contributed by atoms with E-state index in [9.17, 15) is 10.2 Å². The van der Waals surface area contributed by atoms with E-state index in [1.54, 1.807) is 24.3 Å². The molecular weight excluding hydrogens is 206 g/mol. The molecule has 0 aliphatic carbocycles. The molecule has 1 heterocycles. The van der Waals surface area contributed by atoms with Crippen LogP contribution in [0.5, 0.6) is 11.6 Å². The molecule has 2 rings (SSSR count). The number of nitrogens with two attached hydrogens (primary N) is 1. The Morgan fingerprint density at radius 2 is 2.00 bits per heavy atom. The monoisotopic (exact) mass is 217 g/mol. The molecule has 1 aromatic heterocycles. The molecule has 0 aliphatic rings. The van der Waals surface area contributed by atoms with E-state index in [1.165, 1.54) is 12.4 Å². The van der Waals surface area contributed by atoms with Gasteiger partial charge in [0.25, 0.3) is 0 Å². The summed E-state index contributed by atoms with van der Waals surface area (Å²) in [4.78, 5) is 6.55. The van der Waals surface area contributed by atoms with Gasteiger partial charge in [0.2, 0.25) is 5.88 Å². The molecule has 5 N–H and O–H groups in total. The molecular formula is C11H11N3O2. The zero-order valence-corrected chi connectivity index (χ0v) is 8.38. The molecule has 2 aromatic rings. The lowest BCUT2D eigenvalue weighted by atomic mass is 10.2. The van der Waals surface area contributed by atoms with Crippen LogP contribution in [0.25, 0.3) is 0 Å². The van der Waals surface area contributed by atoms with Crippen LogP contribution in [0, 0.1) is 0 Å². The molecule has 0 bridgehead atoms. The van der Waals surface area contributed by atoms with Crippen LogP contribution in [0.1, 0.15) is 5.56 Å². The molecule has 0 unspecified atom stereocenters. The minimum Gasteiger partial charge on any atom is -0.506 e. The molecule has 0 atom stereocenters. The summed E-state index contributed by atoms with van der Waals surface area (Å²) in [7, 11) is 0. The van der Waals surface area contributed by atoms with Crippen LogP contribution in [-0.2, 0) is 0 Å². The van der Waals surface area contributed by atoms with Crippen molar-refractivity contribution in [3.63, 3.8) is 0 Å². The Kier molecular flexibility index (Phi) is 2.51. The fourth-order valence-corrected chi connectivity index (χ4v) is 1.28. The molecule has 1 aromatic carbocycles. The number of nitrogens with zero attached hydrogens (tertiary/aromatic N) is 1. The third-order valence-corrected chi connectivity index (χ3v) is 2.15. The highest BCUT2D eigenvalue weighted by Crippen LogP contribution is 2.26. The Hall–Kier alpha value is -2.43. The van der Waals surface area contributed by atoms with Crippen LogP contribution in [0.4, 0.5) is 11.4 Å². The smallest absolute Gasteiger partial charge is 0.201 e. The molecule has 5 heteroatoms. The number of aromatic hydroxyl groups is 2. The van der Waals surface area contributed by atoms with Crippen molar-refractivity contribution in [2.24, 2.45) is 4.99 Å². The number of H-pyrrole nitrogens is 1. The van der Waals surface area contributed by atoms with E-state index in [4.69, 9.17) is 5.73 Å². The second-order valence-corrected chi connectivity index (χ2v) is 3.25. The van der Waals surface area contributed by atoms with Gasteiger partial charge in [-0.2, -0.15) is 0 Å². The lowest BCUT2D eigenvalue weighted by molar-refractivity contribution is 0.451. The van der Waals surface area contributed by atoms with Gasteiger partial charge in [-0.05, 0) is 12.1 Å². The van der Waals surface area contributed by atoms with Gasteiger partial charge in [-0.1, -0.05) is 12.1 Å². The van der Waals surface area contributed by atoms with Crippen LogP contribution in [0.15, 0.2) is 35.5 Å². The molecule has 16 heavy (non-hydrogen) atoms. The zero-order chi connectivity index (χ0) is 11.5. The number of hydrogen-bond donors (Lipinski definition) is 4. The molecule has 5 nitrogen and oxygen atoms in total. The highest BCUT2D eigenvalue weighted by atomic mass is 16.3. The highest BCUT2D eigenvalue weighted by Gasteiger charge is 2.06. The Labute approximate surface area is 91.9 Å². The maximum absolute atomic E-state index is 9.36. The minimum absolute atomic E-state index is 0.0595.